The van der Waals surface area contributed by atoms with Crippen LogP contribution in [0.5, 0.6) is 0 Å². The zero-order valence-electron chi connectivity index (χ0n) is 12.8. The molecule has 5 nitrogen and oxygen atoms in total. The van der Waals surface area contributed by atoms with E-state index >= 15 is 0 Å². The molecule has 0 aliphatic rings. The minimum atomic E-state index is -0.870. The summed E-state index contributed by atoms with van der Waals surface area (Å²) in [6.07, 6.45) is -0.194. The van der Waals surface area contributed by atoms with E-state index in [0.717, 1.165) is 5.56 Å². The Bertz CT molecular complexity index is 470. The lowest BCUT2D eigenvalue weighted by molar-refractivity contribution is -0.139. The predicted molar refractivity (Wildman–Crippen MR) is 79.8 cm³/mol. The molecule has 0 saturated carbocycles. The number of carboxylic acids is 1. The first kappa shape index (κ1) is 17.2. The molecule has 1 aromatic rings. The summed E-state index contributed by atoms with van der Waals surface area (Å²) in [7, 11) is 0. The highest BCUT2D eigenvalue weighted by molar-refractivity contribution is 5.81. The Balaban J connectivity index is 2.41. The Hall–Kier alpha value is -1.88. The zero-order chi connectivity index (χ0) is 15.9. The second-order valence-corrected chi connectivity index (χ2v) is 5.71. The van der Waals surface area contributed by atoms with Gasteiger partial charge in [-0.25, -0.2) is 0 Å². The summed E-state index contributed by atoms with van der Waals surface area (Å²) in [6, 6.07) is 9.62. The molecule has 0 saturated heterocycles. The fourth-order valence-electron chi connectivity index (χ4n) is 1.79. The highest BCUT2D eigenvalue weighted by Gasteiger charge is 2.24. The summed E-state index contributed by atoms with van der Waals surface area (Å²) < 4.78 is 5.53. The van der Waals surface area contributed by atoms with Gasteiger partial charge >= 0.3 is 5.97 Å². The number of benzene rings is 1. The molecule has 5 heteroatoms. The molecule has 0 fully saturated rings. The second kappa shape index (κ2) is 7.78. The number of carboxylic acid groups (broad SMARTS) is 1. The van der Waals surface area contributed by atoms with Gasteiger partial charge in [0.05, 0.1) is 6.61 Å². The number of carbonyl (C=O) groups is 2. The van der Waals surface area contributed by atoms with Crippen LogP contribution in [0.2, 0.25) is 0 Å². The van der Waals surface area contributed by atoms with Gasteiger partial charge in [-0.1, -0.05) is 30.3 Å². The monoisotopic (exact) mass is 293 g/mol. The van der Waals surface area contributed by atoms with Gasteiger partial charge in [-0.05, 0) is 32.8 Å². The average Bonchev–Trinajstić information content (AvgIpc) is 2.43. The smallest absolute Gasteiger partial charge is 0.303 e. The van der Waals surface area contributed by atoms with Crippen LogP contribution in [0.4, 0.5) is 0 Å². The number of carbonyl (C=O) groups excluding carboxylic acids is 1. The number of hydrogen-bond donors (Lipinski definition) is 2. The SMILES string of the molecule is CC(OCc1ccccc1)C(=O)NC(C)(C)CCC(=O)O. The molecule has 0 bridgehead atoms. The topological polar surface area (TPSA) is 75.6 Å². The zero-order valence-corrected chi connectivity index (χ0v) is 12.8. The predicted octanol–water partition coefficient (Wildman–Crippen LogP) is 2.35. The van der Waals surface area contributed by atoms with Crippen molar-refractivity contribution in [3.63, 3.8) is 0 Å². The Labute approximate surface area is 125 Å². The van der Waals surface area contributed by atoms with Crippen molar-refractivity contribution in [2.75, 3.05) is 0 Å². The number of rotatable bonds is 8. The number of aliphatic carboxylic acids is 1. The third kappa shape index (κ3) is 6.90. The van der Waals surface area contributed by atoms with Crippen molar-refractivity contribution >= 4 is 11.9 Å². The lowest BCUT2D eigenvalue weighted by Crippen LogP contribution is -2.48. The van der Waals surface area contributed by atoms with Crippen molar-refractivity contribution in [1.29, 1.82) is 0 Å². The average molecular weight is 293 g/mol. The fourth-order valence-corrected chi connectivity index (χ4v) is 1.79. The normalized spacial score (nSPS) is 12.7. The van der Waals surface area contributed by atoms with Crippen molar-refractivity contribution in [2.24, 2.45) is 0 Å². The third-order valence-corrected chi connectivity index (χ3v) is 3.14. The molecule has 0 aliphatic heterocycles. The van der Waals surface area contributed by atoms with E-state index in [1.165, 1.54) is 0 Å². The Morgan fingerprint density at radius 1 is 1.29 bits per heavy atom. The molecule has 0 spiro atoms. The van der Waals surface area contributed by atoms with E-state index in [-0.39, 0.29) is 12.3 Å². The molecule has 1 rings (SSSR count). The van der Waals surface area contributed by atoms with Crippen molar-refractivity contribution in [3.8, 4) is 0 Å². The highest BCUT2D eigenvalue weighted by Crippen LogP contribution is 2.12. The van der Waals surface area contributed by atoms with Gasteiger partial charge in [0, 0.05) is 12.0 Å². The Morgan fingerprint density at radius 3 is 2.48 bits per heavy atom. The first-order valence-corrected chi connectivity index (χ1v) is 6.99. The summed E-state index contributed by atoms with van der Waals surface area (Å²) in [5.41, 5.74) is 0.433. The number of amides is 1. The van der Waals surface area contributed by atoms with Crippen molar-refractivity contribution < 1.29 is 19.4 Å². The first-order valence-electron chi connectivity index (χ1n) is 6.99. The molecule has 21 heavy (non-hydrogen) atoms. The lowest BCUT2D eigenvalue weighted by atomic mass is 9.98. The molecule has 0 heterocycles. The maximum atomic E-state index is 12.0. The molecule has 1 unspecified atom stereocenters. The largest absolute Gasteiger partial charge is 0.481 e. The molecule has 2 N–H and O–H groups in total. The molecule has 0 aliphatic carbocycles. The maximum absolute atomic E-state index is 12.0. The van der Waals surface area contributed by atoms with E-state index < -0.39 is 17.6 Å². The highest BCUT2D eigenvalue weighted by atomic mass is 16.5. The molecule has 116 valence electrons. The quantitative estimate of drug-likeness (QED) is 0.771. The summed E-state index contributed by atoms with van der Waals surface area (Å²) in [5, 5.41) is 11.5. The summed E-state index contributed by atoms with van der Waals surface area (Å²) in [6.45, 7) is 5.66. The maximum Gasteiger partial charge on any atom is 0.303 e. The van der Waals surface area contributed by atoms with Gasteiger partial charge in [0.15, 0.2) is 0 Å². The Morgan fingerprint density at radius 2 is 1.90 bits per heavy atom. The van der Waals surface area contributed by atoms with E-state index in [1.54, 1.807) is 20.8 Å². The number of nitrogens with one attached hydrogen (secondary N) is 1. The standard InChI is InChI=1S/C16H23NO4/c1-12(21-11-13-7-5-4-6-8-13)15(20)17-16(2,3)10-9-14(18)19/h4-8,12H,9-11H2,1-3H3,(H,17,20)(H,18,19). The van der Waals surface area contributed by atoms with Gasteiger partial charge in [-0.3, -0.25) is 9.59 Å². The van der Waals surface area contributed by atoms with Crippen LogP contribution in [0.1, 0.15) is 39.2 Å². The van der Waals surface area contributed by atoms with Crippen LogP contribution in [0.15, 0.2) is 30.3 Å². The number of ether oxygens (including phenoxy) is 1. The van der Waals surface area contributed by atoms with Crippen LogP contribution in [0.25, 0.3) is 0 Å². The molecule has 0 aromatic heterocycles. The summed E-state index contributed by atoms with van der Waals surface area (Å²) >= 11 is 0. The van der Waals surface area contributed by atoms with E-state index in [2.05, 4.69) is 5.32 Å². The van der Waals surface area contributed by atoms with Gasteiger partial charge < -0.3 is 15.2 Å². The minimum absolute atomic E-state index is 0.0204. The van der Waals surface area contributed by atoms with Gasteiger partial charge in [-0.15, -0.1) is 0 Å². The van der Waals surface area contributed by atoms with Crippen LogP contribution in [0.3, 0.4) is 0 Å². The Kier molecular flexibility index (Phi) is 6.37. The van der Waals surface area contributed by atoms with Gasteiger partial charge in [0.2, 0.25) is 5.91 Å². The van der Waals surface area contributed by atoms with Crippen molar-refractivity contribution in [1.82, 2.24) is 5.32 Å². The van der Waals surface area contributed by atoms with E-state index in [0.29, 0.717) is 13.0 Å². The van der Waals surface area contributed by atoms with Crippen LogP contribution < -0.4 is 5.32 Å². The van der Waals surface area contributed by atoms with Crippen molar-refractivity contribution in [2.45, 2.75) is 51.9 Å². The van der Waals surface area contributed by atoms with Crippen LogP contribution in [0, 0.1) is 0 Å². The summed E-state index contributed by atoms with van der Waals surface area (Å²) in [4.78, 5) is 22.6. The molecule has 1 amide bonds. The molecular weight excluding hydrogens is 270 g/mol. The summed E-state index contributed by atoms with van der Waals surface area (Å²) in [5.74, 6) is -1.10. The van der Waals surface area contributed by atoms with E-state index in [9.17, 15) is 9.59 Å². The first-order chi connectivity index (χ1) is 9.80. The molecular formula is C16H23NO4. The van der Waals surface area contributed by atoms with Gasteiger partial charge in [0.25, 0.3) is 0 Å². The van der Waals surface area contributed by atoms with Crippen LogP contribution in [-0.4, -0.2) is 28.6 Å². The fraction of sp³-hybridized carbons (Fsp3) is 0.500. The lowest BCUT2D eigenvalue weighted by Gasteiger charge is -2.27. The van der Waals surface area contributed by atoms with E-state index in [4.69, 9.17) is 9.84 Å². The van der Waals surface area contributed by atoms with Gasteiger partial charge in [0.1, 0.15) is 6.10 Å². The van der Waals surface area contributed by atoms with Gasteiger partial charge in [-0.2, -0.15) is 0 Å². The van der Waals surface area contributed by atoms with Crippen LogP contribution >= 0.6 is 0 Å². The minimum Gasteiger partial charge on any atom is -0.481 e. The second-order valence-electron chi connectivity index (χ2n) is 5.71. The molecule has 1 aromatic carbocycles. The van der Waals surface area contributed by atoms with Crippen LogP contribution in [-0.2, 0) is 20.9 Å². The molecule has 1 atom stereocenters. The number of hydrogen-bond acceptors (Lipinski definition) is 3. The molecule has 0 radical (unpaired) electrons. The van der Waals surface area contributed by atoms with E-state index in [1.807, 2.05) is 30.3 Å². The van der Waals surface area contributed by atoms with Crippen molar-refractivity contribution in [3.05, 3.63) is 35.9 Å². The third-order valence-electron chi connectivity index (χ3n) is 3.14.